The maximum Gasteiger partial charge on any atom is 0.236 e. The second-order valence-electron chi connectivity index (χ2n) is 5.53. The van der Waals surface area contributed by atoms with E-state index in [-0.39, 0.29) is 5.91 Å². The summed E-state index contributed by atoms with van der Waals surface area (Å²) in [6, 6.07) is 0.516. The van der Waals surface area contributed by atoms with Gasteiger partial charge in [-0.05, 0) is 25.1 Å². The van der Waals surface area contributed by atoms with Crippen molar-refractivity contribution in [1.82, 2.24) is 24.1 Å². The van der Waals surface area contributed by atoms with Crippen molar-refractivity contribution in [2.75, 3.05) is 40.9 Å². The molecule has 1 aromatic heterocycles. The van der Waals surface area contributed by atoms with E-state index >= 15 is 0 Å². The zero-order valence-corrected chi connectivity index (χ0v) is 13.7. The maximum atomic E-state index is 11.9. The molecule has 7 nitrogen and oxygen atoms in total. The van der Waals surface area contributed by atoms with E-state index in [9.17, 15) is 4.79 Å². The van der Waals surface area contributed by atoms with E-state index in [0.29, 0.717) is 32.4 Å². The van der Waals surface area contributed by atoms with Crippen molar-refractivity contribution < 1.29 is 9.53 Å². The summed E-state index contributed by atoms with van der Waals surface area (Å²) in [5.41, 5.74) is 0. The van der Waals surface area contributed by atoms with Gasteiger partial charge in [0.05, 0.1) is 19.8 Å². The molecule has 1 aromatic rings. The minimum Gasteiger partial charge on any atom is -0.383 e. The van der Waals surface area contributed by atoms with Crippen molar-refractivity contribution in [3.63, 3.8) is 0 Å². The number of carbonyl (C=O) groups is 1. The number of aromatic nitrogens is 3. The minimum atomic E-state index is 0.0549. The van der Waals surface area contributed by atoms with Gasteiger partial charge in [-0.3, -0.25) is 9.69 Å². The molecule has 1 heterocycles. The van der Waals surface area contributed by atoms with Gasteiger partial charge >= 0.3 is 0 Å². The fourth-order valence-electron chi connectivity index (χ4n) is 1.99. The molecule has 21 heavy (non-hydrogen) atoms. The van der Waals surface area contributed by atoms with Crippen LogP contribution >= 0.6 is 12.2 Å². The van der Waals surface area contributed by atoms with Crippen LogP contribution in [0, 0.1) is 4.77 Å². The van der Waals surface area contributed by atoms with Gasteiger partial charge in [-0.1, -0.05) is 0 Å². The van der Waals surface area contributed by atoms with E-state index < -0.39 is 0 Å². The van der Waals surface area contributed by atoms with Crippen LogP contribution in [-0.2, 0) is 16.2 Å². The first-order valence-corrected chi connectivity index (χ1v) is 7.49. The van der Waals surface area contributed by atoms with Crippen LogP contribution in [0.2, 0.25) is 0 Å². The van der Waals surface area contributed by atoms with Crippen LogP contribution in [-0.4, -0.2) is 71.0 Å². The molecule has 118 valence electrons. The van der Waals surface area contributed by atoms with E-state index in [1.807, 2.05) is 9.47 Å². The molecule has 1 saturated carbocycles. The number of ether oxygens (including phenoxy) is 1. The summed E-state index contributed by atoms with van der Waals surface area (Å²) in [6.45, 7) is 2.06. The third-order valence-corrected chi connectivity index (χ3v) is 3.92. The Bertz CT molecular complexity index is 535. The molecule has 0 unspecified atom stereocenters. The summed E-state index contributed by atoms with van der Waals surface area (Å²) in [5.74, 6) is 0.0549. The Morgan fingerprint density at radius 1 is 1.52 bits per heavy atom. The largest absolute Gasteiger partial charge is 0.383 e. The molecule has 1 aliphatic rings. The van der Waals surface area contributed by atoms with Crippen LogP contribution in [0.3, 0.4) is 0 Å². The molecule has 1 aliphatic carbocycles. The van der Waals surface area contributed by atoms with Gasteiger partial charge in [0.2, 0.25) is 5.91 Å². The van der Waals surface area contributed by atoms with Gasteiger partial charge in [-0.2, -0.15) is 5.10 Å². The third-order valence-electron chi connectivity index (χ3n) is 3.50. The minimum absolute atomic E-state index is 0.0549. The van der Waals surface area contributed by atoms with Crippen LogP contribution in [0.15, 0.2) is 6.33 Å². The topological polar surface area (TPSA) is 55.5 Å². The number of nitrogens with zero attached hydrogens (tertiary/aromatic N) is 5. The summed E-state index contributed by atoms with van der Waals surface area (Å²) in [7, 11) is 5.16. The fraction of sp³-hybridized carbons (Fsp3) is 0.769. The molecule has 0 aromatic carbocycles. The quantitative estimate of drug-likeness (QED) is 0.663. The summed E-state index contributed by atoms with van der Waals surface area (Å²) in [6.07, 6.45) is 4.14. The Labute approximate surface area is 130 Å². The van der Waals surface area contributed by atoms with Crippen LogP contribution in [0.4, 0.5) is 0 Å². The molecule has 2 rings (SSSR count). The van der Waals surface area contributed by atoms with Crippen molar-refractivity contribution in [1.29, 1.82) is 0 Å². The van der Waals surface area contributed by atoms with E-state index in [2.05, 4.69) is 5.10 Å². The number of methoxy groups -OCH3 is 1. The average Bonchev–Trinajstić information content (AvgIpc) is 3.22. The average molecular weight is 313 g/mol. The molecule has 1 amide bonds. The van der Waals surface area contributed by atoms with Crippen molar-refractivity contribution >= 4 is 18.1 Å². The van der Waals surface area contributed by atoms with E-state index in [1.165, 1.54) is 12.8 Å². The molecular weight excluding hydrogens is 290 g/mol. The van der Waals surface area contributed by atoms with Crippen LogP contribution < -0.4 is 0 Å². The van der Waals surface area contributed by atoms with Gasteiger partial charge < -0.3 is 14.2 Å². The molecule has 0 N–H and O–H groups in total. The van der Waals surface area contributed by atoms with Crippen LogP contribution in [0.5, 0.6) is 0 Å². The third kappa shape index (κ3) is 4.36. The Balaban J connectivity index is 2.03. The molecule has 1 fully saturated rings. The van der Waals surface area contributed by atoms with Crippen molar-refractivity contribution in [2.45, 2.75) is 25.6 Å². The van der Waals surface area contributed by atoms with Crippen molar-refractivity contribution in [3.05, 3.63) is 11.1 Å². The number of amides is 1. The fourth-order valence-corrected chi connectivity index (χ4v) is 2.29. The lowest BCUT2D eigenvalue weighted by atomic mass is 10.4. The molecule has 0 spiro atoms. The molecule has 8 heteroatoms. The Morgan fingerprint density at radius 3 is 2.81 bits per heavy atom. The highest BCUT2D eigenvalue weighted by atomic mass is 32.1. The van der Waals surface area contributed by atoms with Gasteiger partial charge in [0.15, 0.2) is 4.77 Å². The van der Waals surface area contributed by atoms with E-state index in [0.717, 1.165) is 4.77 Å². The second kappa shape index (κ2) is 7.15. The Kier molecular flexibility index (Phi) is 5.49. The number of likely N-dealkylation sites (N-methyl/N-ethyl adjacent to an activating group) is 1. The lowest BCUT2D eigenvalue weighted by molar-refractivity contribution is -0.130. The number of hydrogen-bond acceptors (Lipinski definition) is 5. The monoisotopic (exact) mass is 313 g/mol. The van der Waals surface area contributed by atoms with E-state index in [1.54, 1.807) is 37.1 Å². The molecular formula is C13H23N5O2S. The molecule has 0 bridgehead atoms. The zero-order valence-electron chi connectivity index (χ0n) is 12.9. The van der Waals surface area contributed by atoms with Crippen molar-refractivity contribution in [3.8, 4) is 0 Å². The predicted molar refractivity (Wildman–Crippen MR) is 81.5 cm³/mol. The first-order valence-electron chi connectivity index (χ1n) is 7.08. The normalized spacial score (nSPS) is 14.7. The van der Waals surface area contributed by atoms with Gasteiger partial charge in [0, 0.05) is 33.8 Å². The van der Waals surface area contributed by atoms with Gasteiger partial charge in [-0.15, -0.1) is 0 Å². The first kappa shape index (κ1) is 16.1. The summed E-state index contributed by atoms with van der Waals surface area (Å²) in [5, 5.41) is 4.35. The highest BCUT2D eigenvalue weighted by Gasteiger charge is 2.25. The van der Waals surface area contributed by atoms with Crippen molar-refractivity contribution in [2.24, 2.45) is 0 Å². The molecule has 0 aliphatic heterocycles. The number of rotatable bonds is 8. The maximum absolute atomic E-state index is 11.9. The smallest absolute Gasteiger partial charge is 0.236 e. The van der Waals surface area contributed by atoms with E-state index in [4.69, 9.17) is 17.0 Å². The highest BCUT2D eigenvalue weighted by molar-refractivity contribution is 7.71. The number of hydrogen-bond donors (Lipinski definition) is 0. The van der Waals surface area contributed by atoms with Gasteiger partial charge in [-0.25, -0.2) is 4.68 Å². The van der Waals surface area contributed by atoms with Gasteiger partial charge in [0.1, 0.15) is 6.33 Å². The Morgan fingerprint density at radius 2 is 2.24 bits per heavy atom. The molecule has 0 atom stereocenters. The molecule has 0 radical (unpaired) electrons. The predicted octanol–water partition coefficient (Wildman–Crippen LogP) is 0.743. The standard InChI is InChI=1S/C13H23N5O2S/c1-15(2)12(19)8-16(6-7-20-3)10-18-13(21)17(9-14-18)11-4-5-11/h9,11H,4-8,10H2,1-3H3. The van der Waals surface area contributed by atoms with Crippen LogP contribution in [0.25, 0.3) is 0 Å². The van der Waals surface area contributed by atoms with Gasteiger partial charge in [0.25, 0.3) is 0 Å². The second-order valence-corrected chi connectivity index (χ2v) is 5.89. The van der Waals surface area contributed by atoms with Crippen LogP contribution in [0.1, 0.15) is 18.9 Å². The lowest BCUT2D eigenvalue weighted by Crippen LogP contribution is -2.39. The summed E-state index contributed by atoms with van der Waals surface area (Å²) >= 11 is 5.45. The highest BCUT2D eigenvalue weighted by Crippen LogP contribution is 2.34. The molecule has 0 saturated heterocycles. The summed E-state index contributed by atoms with van der Waals surface area (Å²) < 4.78 is 9.64. The lowest BCUT2D eigenvalue weighted by Gasteiger charge is -2.22. The SMILES string of the molecule is COCCN(CC(=O)N(C)C)Cn1ncn(C2CC2)c1=S. The Hall–Kier alpha value is -1.25. The summed E-state index contributed by atoms with van der Waals surface area (Å²) in [4.78, 5) is 15.5. The zero-order chi connectivity index (χ0) is 15.4. The first-order chi connectivity index (χ1) is 10.0. The number of carbonyl (C=O) groups excluding carboxylic acids is 1.